The maximum atomic E-state index is 12.7. The highest BCUT2D eigenvalue weighted by Gasteiger charge is 2.33. The van der Waals surface area contributed by atoms with Crippen LogP contribution in [0.4, 0.5) is 18.9 Å². The molecule has 156 valence electrons. The molecule has 0 aliphatic rings. The first-order valence-electron chi connectivity index (χ1n) is 9.09. The number of halogens is 3. The first-order valence-corrected chi connectivity index (χ1v) is 9.09. The molecule has 3 rings (SSSR count). The van der Waals surface area contributed by atoms with Gasteiger partial charge in [0, 0.05) is 6.20 Å². The van der Waals surface area contributed by atoms with Crippen LogP contribution in [-0.4, -0.2) is 21.6 Å². The van der Waals surface area contributed by atoms with Gasteiger partial charge in [0.15, 0.2) is 5.69 Å². The van der Waals surface area contributed by atoms with Gasteiger partial charge in [0.2, 0.25) is 5.91 Å². The number of nitrogens with one attached hydrogen (secondary N) is 2. The van der Waals surface area contributed by atoms with E-state index in [0.29, 0.717) is 0 Å². The predicted octanol–water partition coefficient (Wildman–Crippen LogP) is 4.03. The number of para-hydroxylation sites is 1. The molecular weight excluding hydrogens is 397 g/mol. The quantitative estimate of drug-likeness (QED) is 0.637. The third-order valence-electron chi connectivity index (χ3n) is 4.33. The zero-order chi connectivity index (χ0) is 21.7. The summed E-state index contributed by atoms with van der Waals surface area (Å²) in [6.45, 7) is 1.41. The van der Waals surface area contributed by atoms with Crippen molar-refractivity contribution in [3.63, 3.8) is 0 Å². The minimum Gasteiger partial charge on any atom is -0.345 e. The van der Waals surface area contributed by atoms with Crippen LogP contribution in [0.2, 0.25) is 0 Å². The number of aromatic nitrogens is 2. The molecule has 1 heterocycles. The van der Waals surface area contributed by atoms with Gasteiger partial charge in [0.1, 0.15) is 6.54 Å². The van der Waals surface area contributed by atoms with Gasteiger partial charge < -0.3 is 10.6 Å². The Balaban J connectivity index is 1.68. The molecule has 30 heavy (non-hydrogen) atoms. The van der Waals surface area contributed by atoms with E-state index in [9.17, 15) is 22.8 Å². The standard InChI is InChI=1S/C21H19F3N4O2/c1-14(15-7-3-2-4-8-15)25-20(30)16-9-5-6-10-17(16)26-19(29)13-28-12-11-18(27-28)21(22,23)24/h2-12,14H,13H2,1H3,(H,25,30)(H,26,29)/t14-/m0/s1. The van der Waals surface area contributed by atoms with Crippen molar-refractivity contribution in [3.05, 3.63) is 83.7 Å². The highest BCUT2D eigenvalue weighted by molar-refractivity contribution is 6.03. The second kappa shape index (κ2) is 8.81. The van der Waals surface area contributed by atoms with E-state index < -0.39 is 24.3 Å². The number of carbonyl (C=O) groups excluding carboxylic acids is 2. The minimum atomic E-state index is -4.58. The van der Waals surface area contributed by atoms with Gasteiger partial charge in [-0.25, -0.2) is 0 Å². The summed E-state index contributed by atoms with van der Waals surface area (Å²) >= 11 is 0. The molecule has 0 aliphatic heterocycles. The number of nitrogens with zero attached hydrogens (tertiary/aromatic N) is 2. The fourth-order valence-electron chi connectivity index (χ4n) is 2.83. The van der Waals surface area contributed by atoms with Gasteiger partial charge in [-0.15, -0.1) is 0 Å². The Kier molecular flexibility index (Phi) is 6.20. The molecule has 0 radical (unpaired) electrons. The summed E-state index contributed by atoms with van der Waals surface area (Å²) in [5.74, 6) is -0.996. The third-order valence-corrected chi connectivity index (χ3v) is 4.33. The average Bonchev–Trinajstić information content (AvgIpc) is 3.18. The van der Waals surface area contributed by atoms with Gasteiger partial charge in [-0.05, 0) is 30.7 Å². The maximum absolute atomic E-state index is 12.7. The van der Waals surface area contributed by atoms with Gasteiger partial charge in [-0.2, -0.15) is 18.3 Å². The molecule has 0 aliphatic carbocycles. The largest absolute Gasteiger partial charge is 0.435 e. The number of anilines is 1. The highest BCUT2D eigenvalue weighted by Crippen LogP contribution is 2.27. The summed E-state index contributed by atoms with van der Waals surface area (Å²) in [6, 6.07) is 16.3. The van der Waals surface area contributed by atoms with Crippen molar-refractivity contribution >= 4 is 17.5 Å². The van der Waals surface area contributed by atoms with Crippen molar-refractivity contribution in [2.45, 2.75) is 25.7 Å². The van der Waals surface area contributed by atoms with Gasteiger partial charge >= 0.3 is 6.18 Å². The number of benzene rings is 2. The van der Waals surface area contributed by atoms with Crippen molar-refractivity contribution in [2.24, 2.45) is 0 Å². The molecule has 0 unspecified atom stereocenters. The highest BCUT2D eigenvalue weighted by atomic mass is 19.4. The zero-order valence-electron chi connectivity index (χ0n) is 16.0. The molecule has 1 aromatic heterocycles. The first kappa shape index (κ1) is 21.1. The lowest BCUT2D eigenvalue weighted by atomic mass is 10.1. The van der Waals surface area contributed by atoms with E-state index in [4.69, 9.17) is 0 Å². The van der Waals surface area contributed by atoms with E-state index in [0.717, 1.165) is 22.5 Å². The van der Waals surface area contributed by atoms with E-state index in [1.165, 1.54) is 0 Å². The summed E-state index contributed by atoms with van der Waals surface area (Å²) in [7, 11) is 0. The number of alkyl halides is 3. The van der Waals surface area contributed by atoms with Gasteiger partial charge in [0.05, 0.1) is 17.3 Å². The Morgan fingerprint density at radius 1 is 1.03 bits per heavy atom. The second-order valence-electron chi connectivity index (χ2n) is 6.60. The molecule has 2 N–H and O–H groups in total. The molecule has 0 saturated heterocycles. The fraction of sp³-hybridized carbons (Fsp3) is 0.190. The van der Waals surface area contributed by atoms with Crippen LogP contribution in [-0.2, 0) is 17.5 Å². The van der Waals surface area contributed by atoms with Crippen LogP contribution < -0.4 is 10.6 Å². The Morgan fingerprint density at radius 3 is 2.37 bits per heavy atom. The summed E-state index contributed by atoms with van der Waals surface area (Å²) in [6.07, 6.45) is -3.51. The average molecular weight is 416 g/mol. The van der Waals surface area contributed by atoms with Crippen molar-refractivity contribution in [3.8, 4) is 0 Å². The van der Waals surface area contributed by atoms with E-state index in [1.54, 1.807) is 24.3 Å². The number of hydrogen-bond acceptors (Lipinski definition) is 3. The molecule has 0 bridgehead atoms. The van der Waals surface area contributed by atoms with E-state index in [-0.39, 0.29) is 23.2 Å². The molecular formula is C21H19F3N4O2. The maximum Gasteiger partial charge on any atom is 0.435 e. The number of amides is 2. The van der Waals surface area contributed by atoms with Crippen molar-refractivity contribution < 1.29 is 22.8 Å². The lowest BCUT2D eigenvalue weighted by Gasteiger charge is -2.16. The Morgan fingerprint density at radius 2 is 1.70 bits per heavy atom. The van der Waals surface area contributed by atoms with Crippen molar-refractivity contribution in [2.75, 3.05) is 5.32 Å². The lowest BCUT2D eigenvalue weighted by molar-refractivity contribution is -0.141. The topological polar surface area (TPSA) is 76.0 Å². The van der Waals surface area contributed by atoms with Crippen molar-refractivity contribution in [1.82, 2.24) is 15.1 Å². The third kappa shape index (κ3) is 5.25. The smallest absolute Gasteiger partial charge is 0.345 e. The summed E-state index contributed by atoms with van der Waals surface area (Å²) in [5.41, 5.74) is 0.338. The predicted molar refractivity (Wildman–Crippen MR) is 105 cm³/mol. The van der Waals surface area contributed by atoms with Gasteiger partial charge in [0.25, 0.3) is 5.91 Å². The zero-order valence-corrected chi connectivity index (χ0v) is 16.0. The van der Waals surface area contributed by atoms with Crippen LogP contribution >= 0.6 is 0 Å². The lowest BCUT2D eigenvalue weighted by Crippen LogP contribution is -2.28. The molecule has 1 atom stereocenters. The fourth-order valence-corrected chi connectivity index (χ4v) is 2.83. The van der Waals surface area contributed by atoms with Crippen LogP contribution in [0.3, 0.4) is 0 Å². The Labute approximate surface area is 170 Å². The number of hydrogen-bond donors (Lipinski definition) is 2. The van der Waals surface area contributed by atoms with Crippen LogP contribution in [0, 0.1) is 0 Å². The van der Waals surface area contributed by atoms with Crippen LogP contribution in [0.1, 0.15) is 34.6 Å². The number of carbonyl (C=O) groups is 2. The van der Waals surface area contributed by atoms with Gasteiger partial charge in [-0.1, -0.05) is 42.5 Å². The van der Waals surface area contributed by atoms with Crippen LogP contribution in [0.5, 0.6) is 0 Å². The minimum absolute atomic E-state index is 0.241. The van der Waals surface area contributed by atoms with Crippen LogP contribution in [0.15, 0.2) is 66.9 Å². The normalized spacial score (nSPS) is 12.3. The van der Waals surface area contributed by atoms with Gasteiger partial charge in [-0.3, -0.25) is 14.3 Å². The first-order chi connectivity index (χ1) is 14.2. The SMILES string of the molecule is C[C@H](NC(=O)c1ccccc1NC(=O)Cn1ccc(C(F)(F)F)n1)c1ccccc1. The molecule has 6 nitrogen and oxygen atoms in total. The van der Waals surface area contributed by atoms with E-state index in [2.05, 4.69) is 15.7 Å². The Bertz CT molecular complexity index is 1030. The summed E-state index contributed by atoms with van der Waals surface area (Å²) in [4.78, 5) is 25.0. The molecule has 3 aromatic rings. The summed E-state index contributed by atoms with van der Waals surface area (Å²) in [5, 5.41) is 8.77. The number of rotatable bonds is 6. The molecule has 0 spiro atoms. The monoisotopic (exact) mass is 416 g/mol. The molecule has 9 heteroatoms. The van der Waals surface area contributed by atoms with Crippen molar-refractivity contribution in [1.29, 1.82) is 0 Å². The molecule has 0 saturated carbocycles. The van der Waals surface area contributed by atoms with Crippen LogP contribution in [0.25, 0.3) is 0 Å². The second-order valence-corrected chi connectivity index (χ2v) is 6.60. The van der Waals surface area contributed by atoms with E-state index in [1.807, 2.05) is 37.3 Å². The van der Waals surface area contributed by atoms with E-state index >= 15 is 0 Å². The molecule has 2 amide bonds. The Hall–Kier alpha value is -3.62. The molecule has 0 fully saturated rings. The summed E-state index contributed by atoms with van der Waals surface area (Å²) < 4.78 is 38.8. The molecule has 2 aromatic carbocycles.